The monoisotopic (exact) mass is 912 g/mol. The normalized spacial score (nSPS) is 17.8. The fourth-order valence-corrected chi connectivity index (χ4v) is 14.2. The lowest BCUT2D eigenvalue weighted by Gasteiger charge is -2.50. The Morgan fingerprint density at radius 1 is 0.449 bits per heavy atom. The number of hydrogen-bond acceptors (Lipinski definition) is 3. The van der Waals surface area contributed by atoms with Gasteiger partial charge in [0.1, 0.15) is 0 Å². The highest BCUT2D eigenvalue weighted by Gasteiger charge is 2.50. The zero-order chi connectivity index (χ0) is 47.4. The van der Waals surface area contributed by atoms with E-state index in [2.05, 4.69) is 230 Å². The lowest BCUT2D eigenvalue weighted by atomic mass is 9.42. The van der Waals surface area contributed by atoms with Crippen molar-refractivity contribution in [1.82, 2.24) is 0 Å². The van der Waals surface area contributed by atoms with E-state index in [1.807, 2.05) is 11.3 Å². The number of benzene rings is 8. The van der Waals surface area contributed by atoms with Crippen molar-refractivity contribution in [2.75, 3.05) is 9.71 Å². The number of nitrogens with zero attached hydrogens (tertiary/aromatic N) is 2. The molecule has 2 aliphatic heterocycles. The number of hydrogen-bond donors (Lipinski definition) is 0. The molecule has 0 radical (unpaired) electrons. The topological polar surface area (TPSA) is 6.48 Å². The predicted molar refractivity (Wildman–Crippen MR) is 299 cm³/mol. The van der Waals surface area contributed by atoms with Crippen LogP contribution in [-0.2, 0) is 21.7 Å². The zero-order valence-electron chi connectivity index (χ0n) is 41.7. The average Bonchev–Trinajstić information content (AvgIpc) is 3.73. The summed E-state index contributed by atoms with van der Waals surface area (Å²) in [6.45, 7) is 22.1. The van der Waals surface area contributed by atoms with Crippen molar-refractivity contribution in [1.29, 1.82) is 0 Å². The maximum Gasteiger partial charge on any atom is 0.333 e. The largest absolute Gasteiger partial charge is 0.376 e. The van der Waals surface area contributed by atoms with Gasteiger partial charge in [0, 0.05) is 48.5 Å². The van der Waals surface area contributed by atoms with Gasteiger partial charge in [0.15, 0.2) is 0 Å². The molecule has 3 heterocycles. The minimum Gasteiger partial charge on any atom is -0.376 e. The van der Waals surface area contributed by atoms with Crippen LogP contribution in [0, 0.1) is 6.92 Å². The van der Waals surface area contributed by atoms with Gasteiger partial charge in [-0.2, -0.15) is 0 Å². The summed E-state index contributed by atoms with van der Waals surface area (Å²) in [4.78, 5) is 5.52. The van der Waals surface area contributed by atoms with Crippen LogP contribution in [0.15, 0.2) is 158 Å². The third kappa shape index (κ3) is 6.36. The molecule has 69 heavy (non-hydrogen) atoms. The van der Waals surface area contributed by atoms with E-state index in [1.165, 1.54) is 134 Å². The predicted octanol–water partition coefficient (Wildman–Crippen LogP) is 17.1. The summed E-state index contributed by atoms with van der Waals surface area (Å²) >= 11 is 1.95. The average molecular weight is 913 g/mol. The van der Waals surface area contributed by atoms with Gasteiger partial charge in [-0.15, -0.1) is 11.3 Å². The van der Waals surface area contributed by atoms with Gasteiger partial charge in [0.2, 0.25) is 0 Å². The minimum atomic E-state index is -0.0906. The van der Waals surface area contributed by atoms with Gasteiger partial charge in [0.25, 0.3) is 0 Å². The Morgan fingerprint density at radius 3 is 1.59 bits per heavy atom. The summed E-state index contributed by atoms with van der Waals surface area (Å²) < 4.78 is 2.68. The Morgan fingerprint density at radius 2 is 0.971 bits per heavy atom. The first-order valence-corrected chi connectivity index (χ1v) is 26.2. The maximum atomic E-state index is 2.78. The number of rotatable bonds is 4. The standard InChI is InChI=1S/C65H61BN2S/c1-40-34-44(42-20-14-11-15-21-42)26-29-54(40)67-56-39-52-50(63(4,5)31-33-65(52,8)9)37-53(56)66-60-48(36-58-59(61(60)67)46-22-16-17-23-57(46)69-58)47-35-49-51(64(6,7)32-30-62(49,2)3)38-55(47)68(66)45-27-24-43(25-28-45)41-18-12-10-13-19-41/h10-29,34-39H,30-33H2,1-9H3. The maximum absolute atomic E-state index is 2.78. The first-order chi connectivity index (χ1) is 33.1. The Bertz CT molecular complexity index is 3580. The van der Waals surface area contributed by atoms with Crippen molar-refractivity contribution in [3.8, 4) is 33.4 Å². The van der Waals surface area contributed by atoms with Crippen LogP contribution in [0.5, 0.6) is 0 Å². The van der Waals surface area contributed by atoms with E-state index in [1.54, 1.807) is 0 Å². The summed E-state index contributed by atoms with van der Waals surface area (Å²) in [6.07, 6.45) is 4.66. The van der Waals surface area contributed by atoms with Crippen LogP contribution in [0.1, 0.15) is 109 Å². The van der Waals surface area contributed by atoms with Crippen LogP contribution in [0.2, 0.25) is 0 Å². The number of aryl methyl sites for hydroxylation is 1. The summed E-state index contributed by atoms with van der Waals surface area (Å²) in [5.74, 6) is 0. The highest BCUT2D eigenvalue weighted by Crippen LogP contribution is 2.57. The highest BCUT2D eigenvalue weighted by molar-refractivity contribution is 7.26. The van der Waals surface area contributed by atoms with Crippen LogP contribution in [0.25, 0.3) is 53.6 Å². The van der Waals surface area contributed by atoms with Gasteiger partial charge < -0.3 is 9.71 Å². The second-order valence-electron chi connectivity index (χ2n) is 23.5. The van der Waals surface area contributed by atoms with Crippen LogP contribution >= 0.6 is 11.3 Å². The lowest BCUT2D eigenvalue weighted by Crippen LogP contribution is -2.62. The van der Waals surface area contributed by atoms with Gasteiger partial charge in [-0.05, 0) is 175 Å². The van der Waals surface area contributed by atoms with E-state index < -0.39 is 0 Å². The molecular weight excluding hydrogens is 852 g/mol. The van der Waals surface area contributed by atoms with Crippen LogP contribution in [0.4, 0.5) is 28.4 Å². The Kier molecular flexibility index (Phi) is 9.18. The molecule has 2 nitrogen and oxygen atoms in total. The molecule has 0 N–H and O–H groups in total. The SMILES string of the molecule is Cc1cc(-c2ccccc2)ccc1N1c2cc3c(cc2B2c4c(cc5sc6ccccc6c5c41)-c1cc4c(cc1N2c1ccc(-c2ccccc2)cc1)C(C)(C)CCC4(C)C)C(C)(C)CCC3(C)C. The molecule has 340 valence electrons. The molecule has 2 aliphatic carbocycles. The molecule has 8 aromatic carbocycles. The van der Waals surface area contributed by atoms with E-state index >= 15 is 0 Å². The molecule has 0 amide bonds. The second kappa shape index (κ2) is 14.8. The molecule has 0 saturated carbocycles. The quantitative estimate of drug-likeness (QED) is 0.162. The van der Waals surface area contributed by atoms with Crippen molar-refractivity contribution in [2.24, 2.45) is 0 Å². The Hall–Kier alpha value is -6.36. The van der Waals surface area contributed by atoms with E-state index in [-0.39, 0.29) is 28.5 Å². The number of thiophene rings is 1. The van der Waals surface area contributed by atoms with Gasteiger partial charge in [-0.25, -0.2) is 0 Å². The van der Waals surface area contributed by atoms with E-state index in [0.717, 1.165) is 12.8 Å². The molecule has 0 unspecified atom stereocenters. The molecule has 0 spiro atoms. The summed E-state index contributed by atoms with van der Waals surface area (Å²) in [6, 6.07) is 60.9. The third-order valence-electron chi connectivity index (χ3n) is 17.3. The summed E-state index contributed by atoms with van der Waals surface area (Å²) in [5, 5.41) is 2.69. The molecular formula is C65H61BN2S. The summed E-state index contributed by atoms with van der Waals surface area (Å²) in [7, 11) is 0. The third-order valence-corrected chi connectivity index (χ3v) is 18.4. The van der Waals surface area contributed by atoms with Gasteiger partial charge in [-0.3, -0.25) is 0 Å². The first-order valence-electron chi connectivity index (χ1n) is 25.4. The fraction of sp³-hybridized carbons (Fsp3) is 0.262. The van der Waals surface area contributed by atoms with Crippen LogP contribution < -0.4 is 20.6 Å². The molecule has 13 rings (SSSR count). The van der Waals surface area contributed by atoms with Crippen molar-refractivity contribution in [3.05, 3.63) is 186 Å². The molecule has 0 bridgehead atoms. The highest BCUT2D eigenvalue weighted by atomic mass is 32.1. The van der Waals surface area contributed by atoms with E-state index in [4.69, 9.17) is 0 Å². The smallest absolute Gasteiger partial charge is 0.333 e. The van der Waals surface area contributed by atoms with Crippen molar-refractivity contribution in [2.45, 2.75) is 110 Å². The van der Waals surface area contributed by atoms with Gasteiger partial charge >= 0.3 is 6.85 Å². The van der Waals surface area contributed by atoms with Gasteiger partial charge in [-0.1, -0.05) is 159 Å². The molecule has 0 atom stereocenters. The molecule has 0 fully saturated rings. The van der Waals surface area contributed by atoms with Crippen molar-refractivity contribution < 1.29 is 0 Å². The fourth-order valence-electron chi connectivity index (χ4n) is 13.0. The first kappa shape index (κ1) is 42.7. The Labute approximate surface area is 413 Å². The molecule has 4 heteroatoms. The second-order valence-corrected chi connectivity index (χ2v) is 24.5. The van der Waals surface area contributed by atoms with Crippen molar-refractivity contribution >= 4 is 77.7 Å². The minimum absolute atomic E-state index is 0.0217. The van der Waals surface area contributed by atoms with Gasteiger partial charge in [0.05, 0.1) is 5.69 Å². The number of fused-ring (bicyclic) bond motifs is 10. The molecule has 9 aromatic rings. The Balaban J connectivity index is 1.19. The van der Waals surface area contributed by atoms with E-state index in [0.29, 0.717) is 0 Å². The van der Waals surface area contributed by atoms with Crippen LogP contribution in [0.3, 0.4) is 0 Å². The summed E-state index contributed by atoms with van der Waals surface area (Å²) in [5.41, 5.74) is 24.3. The van der Waals surface area contributed by atoms with E-state index in [9.17, 15) is 0 Å². The lowest BCUT2D eigenvalue weighted by molar-refractivity contribution is 0.332. The number of anilines is 5. The zero-order valence-corrected chi connectivity index (χ0v) is 42.5. The molecule has 0 saturated heterocycles. The molecule has 1 aromatic heterocycles. The van der Waals surface area contributed by atoms with Crippen LogP contribution in [-0.4, -0.2) is 6.85 Å². The van der Waals surface area contributed by atoms with Crippen molar-refractivity contribution in [3.63, 3.8) is 0 Å². The molecule has 4 aliphatic rings.